The number of rotatable bonds is 3. The number of carbonyl (C=O) groups excluding carboxylic acids is 1. The molecule has 24 heavy (non-hydrogen) atoms. The molecule has 1 aromatic rings. The van der Waals surface area contributed by atoms with Crippen molar-refractivity contribution in [1.29, 1.82) is 0 Å². The summed E-state index contributed by atoms with van der Waals surface area (Å²) in [6.07, 6.45) is -6.31. The largest absolute Gasteiger partial charge is 0.466 e. The predicted octanol–water partition coefficient (Wildman–Crippen LogP) is 2.99. The van der Waals surface area contributed by atoms with Gasteiger partial charge in [-0.1, -0.05) is 16.8 Å². The first-order valence-corrected chi connectivity index (χ1v) is 6.45. The fourth-order valence-corrected chi connectivity index (χ4v) is 2.28. The number of benzene rings is 1. The second-order valence-corrected chi connectivity index (χ2v) is 5.07. The third-order valence-electron chi connectivity index (χ3n) is 3.25. The van der Waals surface area contributed by atoms with E-state index < -0.39 is 51.3 Å². The Balaban J connectivity index is 2.48. The van der Waals surface area contributed by atoms with Gasteiger partial charge in [0.1, 0.15) is 0 Å². The molecular weight excluding hydrogens is 364 g/mol. The van der Waals surface area contributed by atoms with E-state index in [9.17, 15) is 32.5 Å². The van der Waals surface area contributed by atoms with E-state index in [2.05, 4.69) is 14.7 Å². The van der Waals surface area contributed by atoms with Crippen LogP contribution in [0, 0.1) is 15.9 Å². The minimum atomic E-state index is -5.18. The predicted molar refractivity (Wildman–Crippen MR) is 71.1 cm³/mol. The van der Waals surface area contributed by atoms with E-state index >= 15 is 0 Å². The quantitative estimate of drug-likeness (QED) is 0.353. The highest BCUT2D eigenvalue weighted by atomic mass is 35.5. The summed E-state index contributed by atoms with van der Waals surface area (Å²) in [6.45, 7) is 0. The van der Waals surface area contributed by atoms with Crippen LogP contribution in [0.1, 0.15) is 12.0 Å². The normalized spacial score (nSPS) is 20.3. The summed E-state index contributed by atoms with van der Waals surface area (Å²) in [7, 11) is 0.729. The van der Waals surface area contributed by atoms with Crippen molar-refractivity contribution in [3.05, 3.63) is 38.7 Å². The Morgan fingerprint density at radius 3 is 2.62 bits per heavy atom. The highest BCUT2D eigenvalue weighted by Crippen LogP contribution is 2.43. The van der Waals surface area contributed by atoms with Gasteiger partial charge in [0, 0.05) is 17.7 Å². The molecule has 1 aliphatic rings. The van der Waals surface area contributed by atoms with Gasteiger partial charge in [-0.05, 0) is 0 Å². The molecule has 0 bridgehead atoms. The topological polar surface area (TPSA) is 91.0 Å². The van der Waals surface area contributed by atoms with E-state index in [0.29, 0.717) is 12.1 Å². The number of ether oxygens (including phenoxy) is 1. The van der Waals surface area contributed by atoms with Gasteiger partial charge in [-0.3, -0.25) is 10.1 Å². The first-order chi connectivity index (χ1) is 11.0. The number of carbonyl (C=O) groups is 1. The van der Waals surface area contributed by atoms with Crippen LogP contribution in [0.25, 0.3) is 0 Å². The molecule has 1 atom stereocenters. The molecule has 7 nitrogen and oxygen atoms in total. The lowest BCUT2D eigenvalue weighted by atomic mass is 9.93. The van der Waals surface area contributed by atoms with E-state index in [4.69, 9.17) is 11.6 Å². The Hall–Kier alpha value is -2.43. The number of hydrogen-bond donors (Lipinski definition) is 0. The van der Waals surface area contributed by atoms with Crippen molar-refractivity contribution in [3.8, 4) is 0 Å². The maximum absolute atomic E-state index is 13.4. The zero-order valence-corrected chi connectivity index (χ0v) is 12.4. The van der Waals surface area contributed by atoms with Crippen LogP contribution < -0.4 is 0 Å². The fraction of sp³-hybridized carbons (Fsp3) is 0.333. The van der Waals surface area contributed by atoms with Crippen LogP contribution in [0.3, 0.4) is 0 Å². The Labute approximate surface area is 135 Å². The van der Waals surface area contributed by atoms with Crippen LogP contribution >= 0.6 is 11.6 Å². The molecule has 1 heterocycles. The van der Waals surface area contributed by atoms with E-state index in [-0.39, 0.29) is 5.56 Å². The number of halogens is 5. The van der Waals surface area contributed by atoms with Crippen LogP contribution in [-0.2, 0) is 14.4 Å². The molecule has 130 valence electrons. The molecule has 0 amide bonds. The summed E-state index contributed by atoms with van der Waals surface area (Å²) < 4.78 is 57.2. The van der Waals surface area contributed by atoms with Crippen molar-refractivity contribution in [3.63, 3.8) is 0 Å². The minimum absolute atomic E-state index is 0.361. The molecule has 0 radical (unpaired) electrons. The molecule has 0 fully saturated rings. The highest BCUT2D eigenvalue weighted by molar-refractivity contribution is 6.34. The van der Waals surface area contributed by atoms with E-state index in [1.54, 1.807) is 0 Å². The summed E-state index contributed by atoms with van der Waals surface area (Å²) >= 11 is 5.71. The number of nitrogens with zero attached hydrogens (tertiary/aromatic N) is 2. The summed E-state index contributed by atoms with van der Waals surface area (Å²) in [5.41, 5.74) is -5.28. The van der Waals surface area contributed by atoms with Crippen molar-refractivity contribution in [2.24, 2.45) is 5.16 Å². The van der Waals surface area contributed by atoms with Crippen molar-refractivity contribution >= 4 is 29.0 Å². The van der Waals surface area contributed by atoms with Crippen LogP contribution in [0.5, 0.6) is 0 Å². The van der Waals surface area contributed by atoms with Gasteiger partial charge >= 0.3 is 23.4 Å². The molecule has 1 aromatic carbocycles. The van der Waals surface area contributed by atoms with Gasteiger partial charge in [0.05, 0.1) is 29.2 Å². The molecule has 12 heteroatoms. The Kier molecular flexibility index (Phi) is 4.40. The smallest absolute Gasteiger partial charge is 0.442 e. The Morgan fingerprint density at radius 2 is 2.12 bits per heavy atom. The third kappa shape index (κ3) is 2.75. The van der Waals surface area contributed by atoms with Crippen LogP contribution in [0.4, 0.5) is 23.2 Å². The number of esters is 1. The van der Waals surface area contributed by atoms with E-state index in [1.807, 2.05) is 0 Å². The van der Waals surface area contributed by atoms with Gasteiger partial charge < -0.3 is 9.57 Å². The van der Waals surface area contributed by atoms with Crippen molar-refractivity contribution < 1.29 is 36.9 Å². The summed E-state index contributed by atoms with van der Waals surface area (Å²) in [5.74, 6) is -3.02. The van der Waals surface area contributed by atoms with Crippen molar-refractivity contribution in [1.82, 2.24) is 0 Å². The summed E-state index contributed by atoms with van der Waals surface area (Å²) in [4.78, 5) is 25.5. The van der Waals surface area contributed by atoms with Gasteiger partial charge in [0.15, 0.2) is 0 Å². The monoisotopic (exact) mass is 370 g/mol. The Morgan fingerprint density at radius 1 is 1.50 bits per heavy atom. The number of methoxy groups -OCH3 is 1. The maximum atomic E-state index is 13.4. The van der Waals surface area contributed by atoms with Crippen LogP contribution in [0.15, 0.2) is 17.3 Å². The number of alkyl halides is 3. The van der Waals surface area contributed by atoms with Gasteiger partial charge in [0.25, 0.3) is 0 Å². The van der Waals surface area contributed by atoms with Crippen molar-refractivity contribution in [2.45, 2.75) is 18.2 Å². The van der Waals surface area contributed by atoms with Gasteiger partial charge in [-0.15, -0.1) is 0 Å². The first kappa shape index (κ1) is 17.9. The van der Waals surface area contributed by atoms with Gasteiger partial charge in [-0.2, -0.15) is 17.6 Å². The molecule has 0 N–H and O–H groups in total. The summed E-state index contributed by atoms with van der Waals surface area (Å²) in [6, 6.07) is 1.17. The van der Waals surface area contributed by atoms with Crippen LogP contribution in [0.2, 0.25) is 5.02 Å². The average molecular weight is 371 g/mol. The molecular formula is C12H7ClF4N2O5. The van der Waals surface area contributed by atoms with Crippen LogP contribution in [-0.4, -0.2) is 35.5 Å². The second-order valence-electron chi connectivity index (χ2n) is 4.66. The number of nitro groups is 1. The van der Waals surface area contributed by atoms with E-state index in [1.165, 1.54) is 0 Å². The number of oxime groups is 1. The molecule has 0 saturated heterocycles. The molecule has 1 unspecified atom stereocenters. The minimum Gasteiger partial charge on any atom is -0.466 e. The fourth-order valence-electron chi connectivity index (χ4n) is 2.02. The maximum Gasteiger partial charge on any atom is 0.442 e. The van der Waals surface area contributed by atoms with Gasteiger partial charge in [0.2, 0.25) is 5.82 Å². The third-order valence-corrected chi connectivity index (χ3v) is 3.56. The molecule has 0 spiro atoms. The van der Waals surface area contributed by atoms with Crippen molar-refractivity contribution in [2.75, 3.05) is 7.11 Å². The number of nitro benzene ring substituents is 1. The molecule has 1 aliphatic heterocycles. The lowest BCUT2D eigenvalue weighted by molar-refractivity contribution is -0.387. The highest BCUT2D eigenvalue weighted by Gasteiger charge is 2.67. The number of hydrogen-bond acceptors (Lipinski definition) is 6. The van der Waals surface area contributed by atoms with E-state index in [0.717, 1.165) is 7.11 Å². The lowest BCUT2D eigenvalue weighted by Crippen LogP contribution is -2.52. The lowest BCUT2D eigenvalue weighted by Gasteiger charge is -2.25. The second kappa shape index (κ2) is 5.89. The first-order valence-electron chi connectivity index (χ1n) is 6.07. The zero-order chi connectivity index (χ0) is 18.3. The molecule has 0 aromatic heterocycles. The standard InChI is InChI=1S/C12H7ClF4N2O5/c1-23-10(20)11(12(15,16)17)4-8(18-24-11)5-2-9(19(21)22)7(14)3-6(5)13/h2-3H,4H2,1H3. The SMILES string of the molecule is COC(=O)C1(C(F)(F)F)CC(c2cc([N+](=O)[O-])c(F)cc2Cl)=NO1. The Bertz CT molecular complexity index is 752. The molecule has 0 saturated carbocycles. The summed E-state index contributed by atoms with van der Waals surface area (Å²) in [5, 5.41) is 13.5. The van der Waals surface area contributed by atoms with Gasteiger partial charge in [-0.25, -0.2) is 4.79 Å². The molecule has 2 rings (SSSR count). The average Bonchev–Trinajstić information content (AvgIpc) is 2.92. The zero-order valence-electron chi connectivity index (χ0n) is 11.7. The molecule has 0 aliphatic carbocycles.